The molecule has 12 heteroatoms. The molecule has 3 aromatic rings. The Morgan fingerprint density at radius 2 is 1.03 bits per heavy atom. The smallest absolute Gasteiger partial charge is 0.282 e. The molecule has 2 unspecified atom stereocenters. The third-order valence-electron chi connectivity index (χ3n) is 6.02. The molecule has 0 saturated carbocycles. The molecule has 0 aromatic heterocycles. The summed E-state index contributed by atoms with van der Waals surface area (Å²) >= 11 is 0. The summed E-state index contributed by atoms with van der Waals surface area (Å²) in [5.41, 5.74) is 0.925. The van der Waals surface area contributed by atoms with Crippen LogP contribution in [0.5, 0.6) is 0 Å². The predicted octanol–water partition coefficient (Wildman–Crippen LogP) is 4.34. The van der Waals surface area contributed by atoms with Gasteiger partial charge in [-0.3, -0.25) is 13.7 Å². The molecule has 0 aliphatic heterocycles. The van der Waals surface area contributed by atoms with Crippen LogP contribution in [-0.2, 0) is 36.8 Å². The average Bonchev–Trinajstić information content (AvgIpc) is 2.80. The summed E-state index contributed by atoms with van der Waals surface area (Å²) in [6.45, 7) is 1.72. The molecule has 0 saturated heterocycles. The van der Waals surface area contributed by atoms with Gasteiger partial charge in [-0.2, -0.15) is 25.3 Å². The van der Waals surface area contributed by atoms with E-state index in [0.29, 0.717) is 11.1 Å². The number of aryl methyl sites for hydroxylation is 1. The van der Waals surface area contributed by atoms with E-state index >= 15 is 0 Å². The maximum atomic E-state index is 12.1. The van der Waals surface area contributed by atoms with Crippen LogP contribution in [0.4, 0.5) is 0 Å². The standard InChI is InChI=1S/C24H26O9S3/c1-17(20-9-3-6-12-23(20)35(28,29)30)16-19(21-10-4-7-13-24(21)36(31,32)33)15-14-18-8-2-5-11-22(18)34(25,26)27/h2-13,17,19H,14-16H2,1H3,(H,25,26,27)(H,28,29,30)(H,31,32,33). The van der Waals surface area contributed by atoms with Crippen LogP contribution in [0.3, 0.4) is 0 Å². The van der Waals surface area contributed by atoms with Crippen molar-refractivity contribution in [1.29, 1.82) is 0 Å². The molecule has 0 bridgehead atoms. The zero-order valence-corrected chi connectivity index (χ0v) is 21.7. The van der Waals surface area contributed by atoms with E-state index < -0.39 is 42.2 Å². The highest BCUT2D eigenvalue weighted by molar-refractivity contribution is 7.86. The van der Waals surface area contributed by atoms with Gasteiger partial charge in [-0.15, -0.1) is 0 Å². The molecule has 0 fully saturated rings. The van der Waals surface area contributed by atoms with Crippen LogP contribution in [0.2, 0.25) is 0 Å². The van der Waals surface area contributed by atoms with Gasteiger partial charge in [0.15, 0.2) is 0 Å². The first kappa shape index (κ1) is 28.0. The van der Waals surface area contributed by atoms with Gasteiger partial charge >= 0.3 is 0 Å². The van der Waals surface area contributed by atoms with Gasteiger partial charge in [-0.05, 0) is 66.0 Å². The minimum atomic E-state index is -4.60. The van der Waals surface area contributed by atoms with Crippen LogP contribution in [0.1, 0.15) is 48.3 Å². The second-order valence-electron chi connectivity index (χ2n) is 8.48. The third kappa shape index (κ3) is 6.78. The fraction of sp³-hybridized carbons (Fsp3) is 0.250. The molecule has 0 spiro atoms. The fourth-order valence-electron chi connectivity index (χ4n) is 4.42. The fourth-order valence-corrected chi connectivity index (χ4v) is 6.77. The van der Waals surface area contributed by atoms with Crippen molar-refractivity contribution in [3.8, 4) is 0 Å². The van der Waals surface area contributed by atoms with Crippen LogP contribution in [0.25, 0.3) is 0 Å². The second-order valence-corrected chi connectivity index (χ2v) is 12.7. The highest BCUT2D eigenvalue weighted by Gasteiger charge is 2.27. The Morgan fingerprint density at radius 3 is 1.56 bits per heavy atom. The van der Waals surface area contributed by atoms with E-state index in [1.807, 2.05) is 0 Å². The Labute approximate surface area is 211 Å². The largest absolute Gasteiger partial charge is 0.294 e. The summed E-state index contributed by atoms with van der Waals surface area (Å²) in [7, 11) is -13.6. The summed E-state index contributed by atoms with van der Waals surface area (Å²) in [6.07, 6.45) is 0.539. The van der Waals surface area contributed by atoms with Gasteiger partial charge in [0.25, 0.3) is 30.4 Å². The van der Waals surface area contributed by atoms with E-state index in [2.05, 4.69) is 0 Å². The highest BCUT2D eigenvalue weighted by atomic mass is 32.2. The zero-order chi connectivity index (χ0) is 26.7. The maximum absolute atomic E-state index is 12.1. The minimum Gasteiger partial charge on any atom is -0.282 e. The first-order chi connectivity index (χ1) is 16.7. The van der Waals surface area contributed by atoms with E-state index in [4.69, 9.17) is 0 Å². The topological polar surface area (TPSA) is 163 Å². The maximum Gasteiger partial charge on any atom is 0.294 e. The summed E-state index contributed by atoms with van der Waals surface area (Å²) in [5.74, 6) is -1.07. The Hall–Kier alpha value is -2.61. The van der Waals surface area contributed by atoms with Gasteiger partial charge in [0.05, 0.1) is 14.7 Å². The average molecular weight is 555 g/mol. The van der Waals surface area contributed by atoms with Gasteiger partial charge in [0.1, 0.15) is 0 Å². The Bertz CT molecular complexity index is 1560. The lowest BCUT2D eigenvalue weighted by Gasteiger charge is -2.24. The van der Waals surface area contributed by atoms with Crippen molar-refractivity contribution < 1.29 is 38.9 Å². The Kier molecular flexibility index (Phi) is 8.38. The number of rotatable bonds is 10. The molecule has 0 amide bonds. The molecular formula is C24H26O9S3. The molecule has 0 radical (unpaired) electrons. The van der Waals surface area contributed by atoms with Crippen molar-refractivity contribution in [2.45, 2.75) is 52.7 Å². The Morgan fingerprint density at radius 1 is 0.611 bits per heavy atom. The molecule has 3 aromatic carbocycles. The van der Waals surface area contributed by atoms with Crippen LogP contribution < -0.4 is 0 Å². The third-order valence-corrected chi connectivity index (χ3v) is 8.82. The molecule has 3 rings (SSSR count). The molecule has 0 aliphatic carbocycles. The second kappa shape index (κ2) is 10.8. The lowest BCUT2D eigenvalue weighted by Crippen LogP contribution is -2.13. The monoisotopic (exact) mass is 554 g/mol. The van der Waals surface area contributed by atoms with Crippen LogP contribution in [0, 0.1) is 0 Å². The van der Waals surface area contributed by atoms with Crippen LogP contribution >= 0.6 is 0 Å². The van der Waals surface area contributed by atoms with Crippen molar-refractivity contribution >= 4 is 30.4 Å². The molecular weight excluding hydrogens is 528 g/mol. The molecule has 9 nitrogen and oxygen atoms in total. The molecule has 3 N–H and O–H groups in total. The van der Waals surface area contributed by atoms with Gasteiger partial charge in [-0.1, -0.05) is 61.5 Å². The van der Waals surface area contributed by atoms with E-state index in [-0.39, 0.29) is 39.5 Å². The molecule has 194 valence electrons. The lowest BCUT2D eigenvalue weighted by molar-refractivity contribution is 0.471. The van der Waals surface area contributed by atoms with Crippen LogP contribution in [-0.4, -0.2) is 38.9 Å². The van der Waals surface area contributed by atoms with Gasteiger partial charge < -0.3 is 0 Å². The summed E-state index contributed by atoms with van der Waals surface area (Å²) in [5, 5.41) is 0. The van der Waals surface area contributed by atoms with Gasteiger partial charge in [0, 0.05) is 0 Å². The Balaban J connectivity index is 2.06. The number of benzene rings is 3. The first-order valence-corrected chi connectivity index (χ1v) is 15.2. The van der Waals surface area contributed by atoms with Crippen molar-refractivity contribution in [2.24, 2.45) is 0 Å². The quantitative estimate of drug-likeness (QED) is 0.309. The van der Waals surface area contributed by atoms with E-state index in [9.17, 15) is 38.9 Å². The van der Waals surface area contributed by atoms with E-state index in [0.717, 1.165) is 0 Å². The molecule has 0 heterocycles. The molecule has 36 heavy (non-hydrogen) atoms. The normalized spacial score (nSPS) is 14.3. The molecule has 0 aliphatic rings. The number of hydrogen-bond acceptors (Lipinski definition) is 6. The van der Waals surface area contributed by atoms with E-state index in [1.54, 1.807) is 31.2 Å². The van der Waals surface area contributed by atoms with Crippen molar-refractivity contribution in [1.82, 2.24) is 0 Å². The summed E-state index contributed by atoms with van der Waals surface area (Å²) in [4.78, 5) is -0.846. The number of hydrogen-bond donors (Lipinski definition) is 3. The van der Waals surface area contributed by atoms with Crippen molar-refractivity contribution in [2.75, 3.05) is 0 Å². The molecule has 2 atom stereocenters. The van der Waals surface area contributed by atoms with E-state index in [1.165, 1.54) is 48.5 Å². The van der Waals surface area contributed by atoms with Gasteiger partial charge in [-0.25, -0.2) is 0 Å². The minimum absolute atomic E-state index is 0.132. The van der Waals surface area contributed by atoms with Crippen molar-refractivity contribution in [3.63, 3.8) is 0 Å². The predicted molar refractivity (Wildman–Crippen MR) is 133 cm³/mol. The summed E-state index contributed by atoms with van der Waals surface area (Å²) in [6, 6.07) is 17.6. The van der Waals surface area contributed by atoms with Gasteiger partial charge in [0.2, 0.25) is 0 Å². The van der Waals surface area contributed by atoms with Crippen molar-refractivity contribution in [3.05, 3.63) is 89.5 Å². The zero-order valence-electron chi connectivity index (χ0n) is 19.2. The first-order valence-electron chi connectivity index (χ1n) is 10.9. The highest BCUT2D eigenvalue weighted by Crippen LogP contribution is 2.38. The SMILES string of the molecule is CC(CC(CCc1ccccc1S(=O)(=O)O)c1ccccc1S(=O)(=O)O)c1ccccc1S(=O)(=O)O. The van der Waals surface area contributed by atoms with Crippen LogP contribution in [0.15, 0.2) is 87.5 Å². The summed E-state index contributed by atoms with van der Waals surface area (Å²) < 4.78 is 101. The lowest BCUT2D eigenvalue weighted by atomic mass is 9.82.